The summed E-state index contributed by atoms with van der Waals surface area (Å²) < 4.78 is 8.87. The maximum Gasteiger partial charge on any atom is 0.143 e. The third-order valence-corrected chi connectivity index (χ3v) is 12.2. The van der Waals surface area contributed by atoms with Crippen molar-refractivity contribution in [3.63, 3.8) is 0 Å². The minimum absolute atomic E-state index is 0.900. The molecule has 0 saturated heterocycles. The van der Waals surface area contributed by atoms with Crippen molar-refractivity contribution in [1.29, 1.82) is 0 Å². The van der Waals surface area contributed by atoms with E-state index in [-0.39, 0.29) is 0 Å². The van der Waals surface area contributed by atoms with Gasteiger partial charge in [0.1, 0.15) is 11.2 Å². The summed E-state index contributed by atoms with van der Waals surface area (Å²) in [5.74, 6) is 0. The molecule has 0 aliphatic rings. The van der Waals surface area contributed by atoms with E-state index in [0.29, 0.717) is 0 Å². The molecule has 0 N–H and O–H groups in total. The number of anilines is 3. The van der Waals surface area contributed by atoms with Gasteiger partial charge in [-0.2, -0.15) is 0 Å². The third kappa shape index (κ3) is 5.82. The molecule has 2 heterocycles. The summed E-state index contributed by atoms with van der Waals surface area (Å²) in [4.78, 5) is 2.41. The first-order valence-corrected chi connectivity index (χ1v) is 20.8. The number of hydrogen-bond acceptors (Lipinski definition) is 2. The second kappa shape index (κ2) is 14.3. The molecule has 61 heavy (non-hydrogen) atoms. The molecule has 3 heteroatoms. The lowest BCUT2D eigenvalue weighted by molar-refractivity contribution is 0.670. The van der Waals surface area contributed by atoms with Crippen LogP contribution in [0.15, 0.2) is 235 Å². The highest BCUT2D eigenvalue weighted by Crippen LogP contribution is 2.45. The summed E-state index contributed by atoms with van der Waals surface area (Å²) >= 11 is 0. The zero-order valence-electron chi connectivity index (χ0n) is 33.2. The number of rotatable bonds is 7. The van der Waals surface area contributed by atoms with Crippen LogP contribution in [-0.2, 0) is 0 Å². The van der Waals surface area contributed by atoms with Crippen molar-refractivity contribution in [2.75, 3.05) is 4.90 Å². The van der Waals surface area contributed by atoms with E-state index in [0.717, 1.165) is 72.5 Å². The van der Waals surface area contributed by atoms with E-state index >= 15 is 0 Å². The molecule has 10 aromatic carbocycles. The van der Waals surface area contributed by atoms with E-state index in [9.17, 15) is 0 Å². The summed E-state index contributed by atoms with van der Waals surface area (Å²) in [6.07, 6.45) is 0. The summed E-state index contributed by atoms with van der Waals surface area (Å²) in [6, 6.07) is 83.0. The Morgan fingerprint density at radius 1 is 0.344 bits per heavy atom. The van der Waals surface area contributed by atoms with Crippen LogP contribution in [0.1, 0.15) is 0 Å². The predicted octanol–water partition coefficient (Wildman–Crippen LogP) is 16.3. The van der Waals surface area contributed by atoms with Crippen LogP contribution < -0.4 is 4.90 Å². The van der Waals surface area contributed by atoms with Crippen LogP contribution in [0.3, 0.4) is 0 Å². The highest BCUT2D eigenvalue weighted by Gasteiger charge is 2.21. The topological polar surface area (TPSA) is 21.3 Å². The van der Waals surface area contributed by atoms with Crippen LogP contribution in [0.5, 0.6) is 0 Å². The Balaban J connectivity index is 1.06. The SMILES string of the molecule is c1ccc(-c2ccc(-c3cccc4ccccc34)cc2N(c2ccc(-c3cccc4c3oc3ccccc34)cc2)c2ccc(-n3c4ccccc4c4ccccc43)cc2)cc1. The normalized spacial score (nSPS) is 11.6. The van der Waals surface area contributed by atoms with Crippen molar-refractivity contribution < 1.29 is 4.42 Å². The first-order valence-electron chi connectivity index (χ1n) is 20.8. The highest BCUT2D eigenvalue weighted by molar-refractivity contribution is 6.10. The van der Waals surface area contributed by atoms with Gasteiger partial charge in [0.05, 0.1) is 16.7 Å². The Hall–Kier alpha value is -8.14. The van der Waals surface area contributed by atoms with Crippen LogP contribution in [0.25, 0.3) is 93.6 Å². The van der Waals surface area contributed by atoms with Crippen molar-refractivity contribution in [3.05, 3.63) is 231 Å². The van der Waals surface area contributed by atoms with Gasteiger partial charge in [-0.05, 0) is 93.7 Å². The lowest BCUT2D eigenvalue weighted by atomic mass is 9.94. The lowest BCUT2D eigenvalue weighted by Gasteiger charge is -2.29. The second-order valence-corrected chi connectivity index (χ2v) is 15.7. The first-order chi connectivity index (χ1) is 30.3. The number of benzene rings is 10. The fraction of sp³-hybridized carbons (Fsp3) is 0. The summed E-state index contributed by atoms with van der Waals surface area (Å²) in [7, 11) is 0. The van der Waals surface area contributed by atoms with E-state index in [2.05, 4.69) is 228 Å². The zero-order chi connectivity index (χ0) is 40.3. The van der Waals surface area contributed by atoms with Gasteiger partial charge in [0, 0.05) is 49.7 Å². The molecule has 0 aliphatic heterocycles. The molecule has 0 fully saturated rings. The maximum atomic E-state index is 6.49. The van der Waals surface area contributed by atoms with E-state index in [4.69, 9.17) is 4.42 Å². The third-order valence-electron chi connectivity index (χ3n) is 12.2. The molecule has 0 aliphatic carbocycles. The van der Waals surface area contributed by atoms with E-state index in [1.807, 2.05) is 12.1 Å². The molecule has 3 nitrogen and oxygen atoms in total. The summed E-state index contributed by atoms with van der Waals surface area (Å²) in [5.41, 5.74) is 15.3. The van der Waals surface area contributed by atoms with Crippen LogP contribution in [0.2, 0.25) is 0 Å². The molecule has 0 unspecified atom stereocenters. The van der Waals surface area contributed by atoms with Crippen LogP contribution >= 0.6 is 0 Å². The molecular formula is C58H38N2O. The summed E-state index contributed by atoms with van der Waals surface area (Å²) in [6.45, 7) is 0. The molecule has 2 aromatic heterocycles. The van der Waals surface area contributed by atoms with Crippen molar-refractivity contribution in [2.45, 2.75) is 0 Å². The largest absolute Gasteiger partial charge is 0.455 e. The van der Waals surface area contributed by atoms with Gasteiger partial charge in [-0.15, -0.1) is 0 Å². The van der Waals surface area contributed by atoms with E-state index in [1.54, 1.807) is 0 Å². The quantitative estimate of drug-likeness (QED) is 0.161. The van der Waals surface area contributed by atoms with E-state index in [1.165, 1.54) is 38.1 Å². The monoisotopic (exact) mass is 778 g/mol. The predicted molar refractivity (Wildman–Crippen MR) is 257 cm³/mol. The van der Waals surface area contributed by atoms with Gasteiger partial charge >= 0.3 is 0 Å². The van der Waals surface area contributed by atoms with Crippen LogP contribution in [0, 0.1) is 0 Å². The Morgan fingerprint density at radius 2 is 0.885 bits per heavy atom. The molecule has 0 amide bonds. The average Bonchev–Trinajstić information content (AvgIpc) is 3.88. The van der Waals surface area contributed by atoms with Gasteiger partial charge in [-0.1, -0.05) is 170 Å². The smallest absolute Gasteiger partial charge is 0.143 e. The fourth-order valence-corrected chi connectivity index (χ4v) is 9.37. The number of para-hydroxylation sites is 4. The van der Waals surface area contributed by atoms with Crippen LogP contribution in [0.4, 0.5) is 17.1 Å². The Bertz CT molecular complexity index is 3520. The molecule has 0 spiro atoms. The number of aromatic nitrogens is 1. The molecule has 0 radical (unpaired) electrons. The van der Waals surface area contributed by atoms with Crippen molar-refractivity contribution >= 4 is 71.6 Å². The van der Waals surface area contributed by atoms with Gasteiger partial charge in [-0.25, -0.2) is 0 Å². The Labute approximate surface area is 353 Å². The lowest BCUT2D eigenvalue weighted by Crippen LogP contribution is -2.11. The zero-order valence-corrected chi connectivity index (χ0v) is 33.2. The van der Waals surface area contributed by atoms with Crippen molar-refractivity contribution in [3.8, 4) is 39.1 Å². The molecule has 286 valence electrons. The van der Waals surface area contributed by atoms with Gasteiger partial charge in [0.15, 0.2) is 0 Å². The summed E-state index contributed by atoms with van der Waals surface area (Å²) in [5, 5.41) is 7.21. The number of fused-ring (bicyclic) bond motifs is 7. The Kier molecular flexibility index (Phi) is 8.17. The van der Waals surface area contributed by atoms with Gasteiger partial charge < -0.3 is 13.9 Å². The van der Waals surface area contributed by atoms with Crippen LogP contribution in [-0.4, -0.2) is 4.57 Å². The van der Waals surface area contributed by atoms with Gasteiger partial charge in [0.25, 0.3) is 0 Å². The number of furan rings is 1. The Morgan fingerprint density at radius 3 is 1.64 bits per heavy atom. The second-order valence-electron chi connectivity index (χ2n) is 15.7. The minimum Gasteiger partial charge on any atom is -0.455 e. The average molecular weight is 779 g/mol. The molecule has 12 aromatic rings. The van der Waals surface area contributed by atoms with Crippen molar-refractivity contribution in [2.24, 2.45) is 0 Å². The standard InChI is InChI=1S/C58H38N2O/c1-2-14-40(15-3-1)48-37-30-42(47-22-12-17-39-16-4-5-18-46(39)47)38-56(48)59(43-31-28-41(29-32-43)49-23-13-24-53-52-21-8-11-27-57(52)61-58(49)53)44-33-35-45(36-34-44)60-54-25-9-6-19-50(54)51-20-7-10-26-55(51)60/h1-38H. The molecule has 0 saturated carbocycles. The number of hydrogen-bond donors (Lipinski definition) is 0. The highest BCUT2D eigenvalue weighted by atomic mass is 16.3. The molecule has 0 atom stereocenters. The molecular weight excluding hydrogens is 741 g/mol. The fourth-order valence-electron chi connectivity index (χ4n) is 9.37. The van der Waals surface area contributed by atoms with Crippen molar-refractivity contribution in [1.82, 2.24) is 4.57 Å². The maximum absolute atomic E-state index is 6.49. The molecule has 0 bridgehead atoms. The first kappa shape index (κ1) is 34.9. The van der Waals surface area contributed by atoms with E-state index < -0.39 is 0 Å². The minimum atomic E-state index is 0.900. The van der Waals surface area contributed by atoms with Gasteiger partial charge in [0.2, 0.25) is 0 Å². The van der Waals surface area contributed by atoms with Gasteiger partial charge in [-0.3, -0.25) is 0 Å². The molecule has 12 rings (SSSR count). The number of nitrogens with zero attached hydrogens (tertiary/aromatic N) is 2.